The van der Waals surface area contributed by atoms with E-state index in [0.29, 0.717) is 17.5 Å². The second-order valence-electron chi connectivity index (χ2n) is 8.25. The van der Waals surface area contributed by atoms with Gasteiger partial charge in [-0.3, -0.25) is 19.3 Å². The van der Waals surface area contributed by atoms with Crippen LogP contribution in [-0.2, 0) is 16.0 Å². The summed E-state index contributed by atoms with van der Waals surface area (Å²) in [7, 11) is 0. The average molecular weight is 458 g/mol. The highest BCUT2D eigenvalue weighted by atomic mass is 79.9. The number of benzene rings is 2. The summed E-state index contributed by atoms with van der Waals surface area (Å²) in [6.07, 6.45) is 0.681. The lowest BCUT2D eigenvalue weighted by atomic mass is 9.95. The molecule has 0 N–H and O–H groups in total. The number of hydrogen-bond donors (Lipinski definition) is 0. The van der Waals surface area contributed by atoms with Crippen molar-refractivity contribution >= 4 is 33.7 Å². The predicted octanol–water partition coefficient (Wildman–Crippen LogP) is 4.64. The smallest absolute Gasteiger partial charge is 0.306 e. The monoisotopic (exact) mass is 457 g/mol. The van der Waals surface area contributed by atoms with Gasteiger partial charge in [-0.15, -0.1) is 0 Å². The maximum atomic E-state index is 12.7. The number of carbonyl (C=O) groups is 3. The summed E-state index contributed by atoms with van der Waals surface area (Å²) >= 11 is 3.42. The van der Waals surface area contributed by atoms with Crippen molar-refractivity contribution in [3.05, 3.63) is 69.7 Å². The Hall–Kier alpha value is -2.47. The quantitative estimate of drug-likeness (QED) is 0.468. The normalized spacial score (nSPS) is 14.7. The van der Waals surface area contributed by atoms with Crippen LogP contribution in [0.3, 0.4) is 0 Å². The number of rotatable bonds is 6. The average Bonchev–Trinajstić information content (AvgIpc) is 2.87. The third kappa shape index (κ3) is 5.32. The fourth-order valence-corrected chi connectivity index (χ4v) is 3.70. The molecule has 0 aromatic heterocycles. The summed E-state index contributed by atoms with van der Waals surface area (Å²) in [5.41, 5.74) is 1.27. The summed E-state index contributed by atoms with van der Waals surface area (Å²) in [5.74, 6) is -1.20. The van der Waals surface area contributed by atoms with Crippen molar-refractivity contribution in [1.29, 1.82) is 0 Å². The third-order valence-electron chi connectivity index (χ3n) is 4.63. The minimum atomic E-state index is -0.589. The molecule has 2 aromatic carbocycles. The lowest BCUT2D eigenvalue weighted by Gasteiger charge is -2.25. The number of hydrogen-bond acceptors (Lipinski definition) is 4. The van der Waals surface area contributed by atoms with E-state index in [2.05, 4.69) is 15.9 Å². The topological polar surface area (TPSA) is 63.7 Å². The third-order valence-corrected chi connectivity index (χ3v) is 5.16. The molecule has 1 aliphatic heterocycles. The standard InChI is InChI=1S/C23H24BrNO4/c1-23(2,3)29-20(26)13-16(12-15-8-10-17(24)11-9-15)14-25-21(27)18-6-4-5-7-19(18)22(25)28/h4-11,16H,12-14H2,1-3H3/t16-/m1/s1. The largest absolute Gasteiger partial charge is 0.460 e. The number of imide groups is 1. The van der Waals surface area contributed by atoms with E-state index < -0.39 is 5.60 Å². The Bertz CT molecular complexity index is 896. The van der Waals surface area contributed by atoms with Crippen LogP contribution in [0, 0.1) is 5.92 Å². The first-order chi connectivity index (χ1) is 13.6. The summed E-state index contributed by atoms with van der Waals surface area (Å²) in [6, 6.07) is 14.6. The van der Waals surface area contributed by atoms with Gasteiger partial charge in [0.2, 0.25) is 0 Å². The lowest BCUT2D eigenvalue weighted by molar-refractivity contribution is -0.156. The van der Waals surface area contributed by atoms with E-state index in [4.69, 9.17) is 4.74 Å². The van der Waals surface area contributed by atoms with Crippen LogP contribution >= 0.6 is 15.9 Å². The van der Waals surface area contributed by atoms with Crippen LogP contribution < -0.4 is 0 Å². The number of amides is 2. The van der Waals surface area contributed by atoms with Crippen molar-refractivity contribution in [3.63, 3.8) is 0 Å². The summed E-state index contributed by atoms with van der Waals surface area (Å²) in [5, 5.41) is 0. The van der Waals surface area contributed by atoms with E-state index in [9.17, 15) is 14.4 Å². The molecule has 1 aliphatic rings. The van der Waals surface area contributed by atoms with Gasteiger partial charge in [-0.25, -0.2) is 0 Å². The van der Waals surface area contributed by atoms with E-state index in [0.717, 1.165) is 10.0 Å². The van der Waals surface area contributed by atoms with Gasteiger partial charge in [-0.1, -0.05) is 40.2 Å². The number of halogens is 1. The minimum Gasteiger partial charge on any atom is -0.460 e. The lowest BCUT2D eigenvalue weighted by Crippen LogP contribution is -2.37. The maximum Gasteiger partial charge on any atom is 0.306 e. The maximum absolute atomic E-state index is 12.7. The van der Waals surface area contributed by atoms with Crippen molar-refractivity contribution in [2.24, 2.45) is 5.92 Å². The molecular weight excluding hydrogens is 434 g/mol. The first kappa shape index (κ1) is 21.2. The van der Waals surface area contributed by atoms with Crippen LogP contribution in [-0.4, -0.2) is 34.8 Å². The molecule has 0 radical (unpaired) electrons. The zero-order valence-electron chi connectivity index (χ0n) is 16.8. The van der Waals surface area contributed by atoms with Crippen LogP contribution in [0.25, 0.3) is 0 Å². The zero-order valence-corrected chi connectivity index (χ0v) is 18.4. The fraction of sp³-hybridized carbons (Fsp3) is 0.348. The van der Waals surface area contributed by atoms with Gasteiger partial charge in [0.25, 0.3) is 11.8 Å². The van der Waals surface area contributed by atoms with E-state index >= 15 is 0 Å². The number of ether oxygens (including phenoxy) is 1. The summed E-state index contributed by atoms with van der Waals surface area (Å²) < 4.78 is 6.43. The number of carbonyl (C=O) groups excluding carboxylic acids is 3. The molecule has 29 heavy (non-hydrogen) atoms. The van der Waals surface area contributed by atoms with Gasteiger partial charge in [0.1, 0.15) is 5.60 Å². The van der Waals surface area contributed by atoms with E-state index in [-0.39, 0.29) is 36.7 Å². The zero-order chi connectivity index (χ0) is 21.2. The van der Waals surface area contributed by atoms with Gasteiger partial charge in [-0.2, -0.15) is 0 Å². The van der Waals surface area contributed by atoms with Crippen molar-refractivity contribution in [3.8, 4) is 0 Å². The van der Waals surface area contributed by atoms with Crippen molar-refractivity contribution < 1.29 is 19.1 Å². The SMILES string of the molecule is CC(C)(C)OC(=O)C[C@@H](Cc1ccc(Br)cc1)CN1C(=O)c2ccccc2C1=O. The highest BCUT2D eigenvalue weighted by Crippen LogP contribution is 2.26. The molecule has 0 unspecified atom stereocenters. The Morgan fingerprint density at radius 3 is 2.07 bits per heavy atom. The molecule has 3 rings (SSSR count). The van der Waals surface area contributed by atoms with Crippen LogP contribution in [0.2, 0.25) is 0 Å². The van der Waals surface area contributed by atoms with Gasteiger partial charge in [0.15, 0.2) is 0 Å². The Morgan fingerprint density at radius 2 is 1.55 bits per heavy atom. The molecule has 6 heteroatoms. The fourth-order valence-electron chi connectivity index (χ4n) is 3.44. The Balaban J connectivity index is 1.79. The first-order valence-corrected chi connectivity index (χ1v) is 10.3. The number of fused-ring (bicyclic) bond motifs is 1. The highest BCUT2D eigenvalue weighted by molar-refractivity contribution is 9.10. The van der Waals surface area contributed by atoms with Gasteiger partial charge in [0, 0.05) is 11.0 Å². The molecule has 0 aliphatic carbocycles. The van der Waals surface area contributed by atoms with Crippen LogP contribution in [0.5, 0.6) is 0 Å². The van der Waals surface area contributed by atoms with Gasteiger partial charge < -0.3 is 4.74 Å². The van der Waals surface area contributed by atoms with Crippen molar-refractivity contribution in [1.82, 2.24) is 4.90 Å². The highest BCUT2D eigenvalue weighted by Gasteiger charge is 2.37. The molecule has 0 saturated heterocycles. The number of esters is 1. The predicted molar refractivity (Wildman–Crippen MR) is 114 cm³/mol. The van der Waals surface area contributed by atoms with Crippen LogP contribution in [0.15, 0.2) is 53.0 Å². The van der Waals surface area contributed by atoms with E-state index in [1.54, 1.807) is 24.3 Å². The molecule has 5 nitrogen and oxygen atoms in total. The van der Waals surface area contributed by atoms with Gasteiger partial charge >= 0.3 is 5.97 Å². The molecule has 1 atom stereocenters. The summed E-state index contributed by atoms with van der Waals surface area (Å²) in [6.45, 7) is 5.62. The Labute approximate surface area is 179 Å². The molecule has 1 heterocycles. The Morgan fingerprint density at radius 1 is 1.00 bits per heavy atom. The first-order valence-electron chi connectivity index (χ1n) is 9.55. The molecule has 0 saturated carbocycles. The molecule has 0 spiro atoms. The van der Waals surface area contributed by atoms with Gasteiger partial charge in [0.05, 0.1) is 17.5 Å². The molecule has 0 bridgehead atoms. The van der Waals surface area contributed by atoms with Crippen molar-refractivity contribution in [2.45, 2.75) is 39.2 Å². The minimum absolute atomic E-state index is 0.126. The molecule has 2 amide bonds. The van der Waals surface area contributed by atoms with Crippen LogP contribution in [0.4, 0.5) is 0 Å². The molecule has 0 fully saturated rings. The van der Waals surface area contributed by atoms with Gasteiger partial charge in [-0.05, 0) is 62.9 Å². The van der Waals surface area contributed by atoms with Crippen molar-refractivity contribution in [2.75, 3.05) is 6.54 Å². The summed E-state index contributed by atoms with van der Waals surface area (Å²) in [4.78, 5) is 39.2. The number of nitrogens with zero attached hydrogens (tertiary/aromatic N) is 1. The molecule has 2 aromatic rings. The van der Waals surface area contributed by atoms with E-state index in [1.165, 1.54) is 4.90 Å². The Kier molecular flexibility index (Phi) is 6.22. The molecular formula is C23H24BrNO4. The molecule has 152 valence electrons. The second kappa shape index (κ2) is 8.49. The van der Waals surface area contributed by atoms with Crippen LogP contribution in [0.1, 0.15) is 53.5 Å². The second-order valence-corrected chi connectivity index (χ2v) is 9.17. The van der Waals surface area contributed by atoms with E-state index in [1.807, 2.05) is 45.0 Å².